The van der Waals surface area contributed by atoms with E-state index in [4.69, 9.17) is 9.15 Å². The van der Waals surface area contributed by atoms with E-state index in [0.29, 0.717) is 25.0 Å². The smallest absolute Gasteiger partial charge is 0.227 e. The fraction of sp³-hybridized carbons (Fsp3) is 0.261. The van der Waals surface area contributed by atoms with Gasteiger partial charge in [0.2, 0.25) is 11.2 Å². The van der Waals surface area contributed by atoms with Gasteiger partial charge >= 0.3 is 0 Å². The highest BCUT2D eigenvalue weighted by Crippen LogP contribution is 2.32. The molecule has 0 saturated carbocycles. The molecule has 1 aromatic heterocycles. The molecule has 1 aliphatic heterocycles. The van der Waals surface area contributed by atoms with Crippen LogP contribution in [0.2, 0.25) is 0 Å². The summed E-state index contributed by atoms with van der Waals surface area (Å²) in [5.74, 6) is 0.889. The molecule has 3 aromatic rings. The molecule has 0 bridgehead atoms. The number of para-hydroxylation sites is 1. The molecular weight excluding hydrogens is 338 g/mol. The predicted octanol–water partition coefficient (Wildman–Crippen LogP) is 4.48. The Morgan fingerprint density at radius 2 is 1.93 bits per heavy atom. The Morgan fingerprint density at radius 3 is 2.70 bits per heavy atom. The minimum absolute atomic E-state index is 0.150. The molecular formula is C23H23NO3. The first kappa shape index (κ1) is 17.4. The van der Waals surface area contributed by atoms with E-state index in [0.717, 1.165) is 12.0 Å². The summed E-state index contributed by atoms with van der Waals surface area (Å²) in [7, 11) is 0. The van der Waals surface area contributed by atoms with Gasteiger partial charge in [-0.3, -0.25) is 4.79 Å². The lowest BCUT2D eigenvalue weighted by Gasteiger charge is -2.24. The first-order valence-electron chi connectivity index (χ1n) is 9.25. The molecule has 1 aliphatic rings. The lowest BCUT2D eigenvalue weighted by atomic mass is 10.1. The summed E-state index contributed by atoms with van der Waals surface area (Å²) in [5, 5.41) is 0. The van der Waals surface area contributed by atoms with Crippen LogP contribution in [0.4, 0.5) is 5.69 Å². The molecule has 0 N–H and O–H groups in total. The van der Waals surface area contributed by atoms with Crippen LogP contribution in [0, 0.1) is 6.92 Å². The predicted molar refractivity (Wildman–Crippen MR) is 106 cm³/mol. The second-order valence-corrected chi connectivity index (χ2v) is 7.16. The van der Waals surface area contributed by atoms with Crippen LogP contribution in [0.5, 0.6) is 5.75 Å². The van der Waals surface area contributed by atoms with Crippen molar-refractivity contribution in [3.05, 3.63) is 93.5 Å². The van der Waals surface area contributed by atoms with Crippen LogP contribution < -0.4 is 15.1 Å². The summed E-state index contributed by atoms with van der Waals surface area (Å²) in [5.41, 5.74) is 4.62. The van der Waals surface area contributed by atoms with E-state index < -0.39 is 0 Å². The first-order valence-corrected chi connectivity index (χ1v) is 9.25. The molecule has 0 fully saturated rings. The summed E-state index contributed by atoms with van der Waals surface area (Å²) >= 11 is 0. The number of benzene rings is 2. The third kappa shape index (κ3) is 3.75. The molecule has 4 heteroatoms. The van der Waals surface area contributed by atoms with Crippen molar-refractivity contribution in [1.29, 1.82) is 0 Å². The normalized spacial score (nSPS) is 15.6. The molecule has 4 nitrogen and oxygen atoms in total. The molecule has 0 unspecified atom stereocenters. The Hall–Kier alpha value is -3.01. The van der Waals surface area contributed by atoms with Crippen LogP contribution in [0.1, 0.15) is 29.4 Å². The van der Waals surface area contributed by atoms with Gasteiger partial charge in [-0.15, -0.1) is 0 Å². The first-order chi connectivity index (χ1) is 13.1. The lowest BCUT2D eigenvalue weighted by molar-refractivity contribution is 0.289. The van der Waals surface area contributed by atoms with Crippen molar-refractivity contribution in [2.24, 2.45) is 0 Å². The number of nitrogens with zero attached hydrogens (tertiary/aromatic N) is 1. The molecule has 0 spiro atoms. The van der Waals surface area contributed by atoms with Crippen molar-refractivity contribution < 1.29 is 9.15 Å². The summed E-state index contributed by atoms with van der Waals surface area (Å²) in [4.78, 5) is 14.7. The molecule has 1 atom stereocenters. The minimum Gasteiger partial charge on any atom is -0.482 e. The minimum atomic E-state index is -0.150. The van der Waals surface area contributed by atoms with Gasteiger partial charge in [0, 0.05) is 17.8 Å². The van der Waals surface area contributed by atoms with E-state index in [1.54, 1.807) is 0 Å². The summed E-state index contributed by atoms with van der Waals surface area (Å²) in [6, 6.07) is 18.4. The highest BCUT2D eigenvalue weighted by atomic mass is 16.5. The molecule has 0 aliphatic carbocycles. The Balaban J connectivity index is 1.46. The van der Waals surface area contributed by atoms with Gasteiger partial charge < -0.3 is 14.1 Å². The van der Waals surface area contributed by atoms with E-state index in [2.05, 4.69) is 30.0 Å². The number of hydrogen-bond acceptors (Lipinski definition) is 4. The van der Waals surface area contributed by atoms with Crippen molar-refractivity contribution in [2.75, 3.05) is 4.90 Å². The number of aryl methyl sites for hydroxylation is 1. The maximum Gasteiger partial charge on any atom is 0.227 e. The molecule has 2 heterocycles. The van der Waals surface area contributed by atoms with Gasteiger partial charge in [-0.1, -0.05) is 48.0 Å². The van der Waals surface area contributed by atoms with Gasteiger partial charge in [-0.05, 0) is 37.5 Å². The van der Waals surface area contributed by atoms with Crippen molar-refractivity contribution in [3.63, 3.8) is 0 Å². The summed E-state index contributed by atoms with van der Waals surface area (Å²) in [6.45, 7) is 5.15. The molecule has 0 saturated heterocycles. The van der Waals surface area contributed by atoms with Crippen molar-refractivity contribution in [1.82, 2.24) is 0 Å². The van der Waals surface area contributed by atoms with Crippen LogP contribution in [-0.4, -0.2) is 6.04 Å². The molecule has 138 valence electrons. The number of rotatable bonds is 5. The average molecular weight is 361 g/mol. The highest BCUT2D eigenvalue weighted by molar-refractivity contribution is 5.59. The van der Waals surface area contributed by atoms with Gasteiger partial charge in [-0.25, -0.2) is 0 Å². The van der Waals surface area contributed by atoms with E-state index in [1.807, 2.05) is 37.3 Å². The van der Waals surface area contributed by atoms with Gasteiger partial charge in [0.05, 0.1) is 6.54 Å². The third-order valence-corrected chi connectivity index (χ3v) is 5.04. The zero-order valence-electron chi connectivity index (χ0n) is 15.6. The van der Waals surface area contributed by atoms with E-state index >= 15 is 0 Å². The van der Waals surface area contributed by atoms with Crippen LogP contribution in [0.3, 0.4) is 0 Å². The topological polar surface area (TPSA) is 42.7 Å². The number of anilines is 1. The number of hydrogen-bond donors (Lipinski definition) is 0. The SMILES string of the molecule is Cc1ccc(COc2coc(CN3c4ccccc4C[C@H]3C)cc2=O)cc1. The Labute approximate surface area is 159 Å². The van der Waals surface area contributed by atoms with Crippen molar-refractivity contribution in [2.45, 2.75) is 39.5 Å². The summed E-state index contributed by atoms with van der Waals surface area (Å²) < 4.78 is 11.4. The van der Waals surface area contributed by atoms with Crippen molar-refractivity contribution >= 4 is 5.69 Å². The van der Waals surface area contributed by atoms with Gasteiger partial charge in [0.25, 0.3) is 0 Å². The maximum atomic E-state index is 12.4. The van der Waals surface area contributed by atoms with Crippen LogP contribution in [-0.2, 0) is 19.6 Å². The van der Waals surface area contributed by atoms with E-state index in [-0.39, 0.29) is 11.2 Å². The Morgan fingerprint density at radius 1 is 1.15 bits per heavy atom. The second kappa shape index (κ2) is 7.31. The molecule has 0 radical (unpaired) electrons. The lowest BCUT2D eigenvalue weighted by Crippen LogP contribution is -2.29. The molecule has 2 aromatic carbocycles. The zero-order valence-corrected chi connectivity index (χ0v) is 15.6. The standard InChI is InChI=1S/C23H23NO3/c1-16-7-9-18(10-8-16)14-27-23-15-26-20(12-22(23)25)13-24-17(2)11-19-5-3-4-6-21(19)24/h3-10,12,15,17H,11,13-14H2,1-2H3/t17-/m1/s1. The van der Waals surface area contributed by atoms with Gasteiger partial charge in [0.15, 0.2) is 0 Å². The largest absolute Gasteiger partial charge is 0.482 e. The monoisotopic (exact) mass is 361 g/mol. The second-order valence-electron chi connectivity index (χ2n) is 7.16. The molecule has 4 rings (SSSR count). The quantitative estimate of drug-likeness (QED) is 0.672. The summed E-state index contributed by atoms with van der Waals surface area (Å²) in [6.07, 6.45) is 2.44. The Bertz CT molecular complexity index is 991. The number of fused-ring (bicyclic) bond motifs is 1. The zero-order chi connectivity index (χ0) is 18.8. The number of ether oxygens (including phenoxy) is 1. The average Bonchev–Trinajstić information content (AvgIpc) is 2.98. The van der Waals surface area contributed by atoms with Crippen molar-refractivity contribution in [3.8, 4) is 5.75 Å². The maximum absolute atomic E-state index is 12.4. The molecule has 27 heavy (non-hydrogen) atoms. The Kier molecular flexibility index (Phi) is 4.71. The fourth-order valence-corrected chi connectivity index (χ4v) is 3.51. The van der Waals surface area contributed by atoms with E-state index in [1.165, 1.54) is 29.1 Å². The van der Waals surface area contributed by atoms with Crippen LogP contribution in [0.15, 0.2) is 70.1 Å². The fourth-order valence-electron chi connectivity index (χ4n) is 3.51. The van der Waals surface area contributed by atoms with Gasteiger partial charge in [-0.2, -0.15) is 0 Å². The molecule has 0 amide bonds. The van der Waals surface area contributed by atoms with Crippen LogP contribution >= 0.6 is 0 Å². The van der Waals surface area contributed by atoms with E-state index in [9.17, 15) is 4.79 Å². The van der Waals surface area contributed by atoms with Gasteiger partial charge in [0.1, 0.15) is 18.6 Å². The van der Waals surface area contributed by atoms with Crippen LogP contribution in [0.25, 0.3) is 0 Å². The highest BCUT2D eigenvalue weighted by Gasteiger charge is 2.26. The third-order valence-electron chi connectivity index (χ3n) is 5.04.